The van der Waals surface area contributed by atoms with Crippen LogP contribution in [0.2, 0.25) is 0 Å². The standard InChI is InChI=1S/C22H24N2O4S/c1-4-26-19-12-16(13-20-21(25)24-22(23)29-20)6-8-18(19)28-10-9-27-17-7-5-14(2)15(3)11-17/h5-8,11-13H,4,9-10H2,1-3H3,(H2,23,24,25)/b20-13-. The Hall–Kier alpha value is -2.93. The fourth-order valence-electron chi connectivity index (χ4n) is 2.71. The Morgan fingerprint density at radius 2 is 1.79 bits per heavy atom. The summed E-state index contributed by atoms with van der Waals surface area (Å²) in [6.45, 7) is 7.32. The fraction of sp³-hybridized carbons (Fsp3) is 0.273. The van der Waals surface area contributed by atoms with E-state index in [0.717, 1.165) is 23.1 Å². The number of benzene rings is 2. The van der Waals surface area contributed by atoms with Gasteiger partial charge >= 0.3 is 0 Å². The fourth-order valence-corrected chi connectivity index (χ4v) is 3.41. The van der Waals surface area contributed by atoms with E-state index in [1.54, 1.807) is 6.08 Å². The van der Waals surface area contributed by atoms with Crippen molar-refractivity contribution in [3.05, 3.63) is 58.0 Å². The third-order valence-corrected chi connectivity index (χ3v) is 5.15. The number of hydrogen-bond donors (Lipinski definition) is 2. The number of carbonyl (C=O) groups excluding carboxylic acids is 1. The van der Waals surface area contributed by atoms with E-state index in [2.05, 4.69) is 19.2 Å². The minimum absolute atomic E-state index is 0.134. The molecule has 1 aliphatic heterocycles. The van der Waals surface area contributed by atoms with Gasteiger partial charge in [-0.15, -0.1) is 0 Å². The summed E-state index contributed by atoms with van der Waals surface area (Å²) in [5.74, 6) is 1.78. The van der Waals surface area contributed by atoms with Gasteiger partial charge in [-0.2, -0.15) is 0 Å². The van der Waals surface area contributed by atoms with E-state index < -0.39 is 0 Å². The molecule has 0 aliphatic carbocycles. The van der Waals surface area contributed by atoms with Gasteiger partial charge in [0, 0.05) is 0 Å². The molecule has 1 fully saturated rings. The lowest BCUT2D eigenvalue weighted by atomic mass is 10.1. The lowest BCUT2D eigenvalue weighted by Crippen LogP contribution is -2.18. The molecular formula is C22H24N2O4S. The zero-order chi connectivity index (χ0) is 20.8. The molecule has 0 spiro atoms. The smallest absolute Gasteiger partial charge is 0.264 e. The first kappa shape index (κ1) is 20.8. The minimum Gasteiger partial charge on any atom is -0.490 e. The number of rotatable bonds is 8. The largest absolute Gasteiger partial charge is 0.490 e. The third-order valence-electron chi connectivity index (χ3n) is 4.32. The Morgan fingerprint density at radius 1 is 1.00 bits per heavy atom. The van der Waals surface area contributed by atoms with Crippen molar-refractivity contribution in [1.29, 1.82) is 5.41 Å². The van der Waals surface area contributed by atoms with Gasteiger partial charge in [0.1, 0.15) is 19.0 Å². The summed E-state index contributed by atoms with van der Waals surface area (Å²) in [4.78, 5) is 12.3. The van der Waals surface area contributed by atoms with Crippen molar-refractivity contribution >= 4 is 28.9 Å². The summed E-state index contributed by atoms with van der Waals surface area (Å²) in [6, 6.07) is 11.5. The number of carbonyl (C=O) groups is 1. The summed E-state index contributed by atoms with van der Waals surface area (Å²) < 4.78 is 17.3. The molecule has 0 atom stereocenters. The molecule has 0 unspecified atom stereocenters. The van der Waals surface area contributed by atoms with E-state index in [4.69, 9.17) is 19.6 Å². The van der Waals surface area contributed by atoms with Crippen LogP contribution in [0.4, 0.5) is 0 Å². The van der Waals surface area contributed by atoms with Crippen LogP contribution in [0.3, 0.4) is 0 Å². The molecule has 2 aromatic carbocycles. The van der Waals surface area contributed by atoms with Gasteiger partial charge < -0.3 is 19.5 Å². The van der Waals surface area contributed by atoms with Crippen LogP contribution in [-0.4, -0.2) is 30.9 Å². The average Bonchev–Trinajstić information content (AvgIpc) is 3.00. The minimum atomic E-state index is -0.262. The lowest BCUT2D eigenvalue weighted by molar-refractivity contribution is -0.115. The molecule has 7 heteroatoms. The van der Waals surface area contributed by atoms with Gasteiger partial charge in [-0.25, -0.2) is 0 Å². The molecule has 1 amide bonds. The van der Waals surface area contributed by atoms with Crippen LogP contribution in [0.1, 0.15) is 23.6 Å². The van der Waals surface area contributed by atoms with Crippen molar-refractivity contribution in [2.24, 2.45) is 0 Å². The average molecular weight is 413 g/mol. The summed E-state index contributed by atoms with van der Waals surface area (Å²) in [6.07, 6.45) is 1.73. The van der Waals surface area contributed by atoms with Crippen LogP contribution in [0, 0.1) is 19.3 Å². The van der Waals surface area contributed by atoms with Gasteiger partial charge in [0.25, 0.3) is 5.91 Å². The number of hydrogen-bond acceptors (Lipinski definition) is 6. The first-order valence-corrected chi connectivity index (χ1v) is 10.2. The van der Waals surface area contributed by atoms with Crippen molar-refractivity contribution in [1.82, 2.24) is 5.32 Å². The molecule has 152 valence electrons. The summed E-state index contributed by atoms with van der Waals surface area (Å²) in [5.41, 5.74) is 3.23. The molecule has 1 saturated heterocycles. The summed E-state index contributed by atoms with van der Waals surface area (Å²) >= 11 is 1.10. The van der Waals surface area contributed by atoms with E-state index in [1.807, 2.05) is 43.3 Å². The van der Waals surface area contributed by atoms with Gasteiger partial charge in [0.2, 0.25) is 0 Å². The van der Waals surface area contributed by atoms with Crippen LogP contribution >= 0.6 is 11.8 Å². The van der Waals surface area contributed by atoms with Crippen molar-refractivity contribution < 1.29 is 19.0 Å². The van der Waals surface area contributed by atoms with E-state index in [1.165, 1.54) is 11.1 Å². The maximum Gasteiger partial charge on any atom is 0.264 e. The van der Waals surface area contributed by atoms with Crippen molar-refractivity contribution in [3.63, 3.8) is 0 Å². The maximum atomic E-state index is 11.8. The van der Waals surface area contributed by atoms with E-state index in [-0.39, 0.29) is 11.1 Å². The third kappa shape index (κ3) is 5.54. The van der Waals surface area contributed by atoms with Crippen molar-refractivity contribution in [3.8, 4) is 17.2 Å². The number of thioether (sulfide) groups is 1. The molecule has 2 aromatic rings. The number of amides is 1. The molecular weight excluding hydrogens is 388 g/mol. The second kappa shape index (κ2) is 9.52. The van der Waals surface area contributed by atoms with Crippen LogP contribution in [0.25, 0.3) is 6.08 Å². The van der Waals surface area contributed by atoms with Crippen molar-refractivity contribution in [2.75, 3.05) is 19.8 Å². The van der Waals surface area contributed by atoms with E-state index >= 15 is 0 Å². The van der Waals surface area contributed by atoms with Gasteiger partial charge in [0.15, 0.2) is 16.7 Å². The molecule has 6 nitrogen and oxygen atoms in total. The molecule has 0 aromatic heterocycles. The van der Waals surface area contributed by atoms with E-state index in [0.29, 0.717) is 36.2 Å². The first-order chi connectivity index (χ1) is 14.0. The predicted octanol–water partition coefficient (Wildman–Crippen LogP) is 4.30. The van der Waals surface area contributed by atoms with Crippen LogP contribution in [0.15, 0.2) is 41.3 Å². The number of ether oxygens (including phenoxy) is 3. The molecule has 2 N–H and O–H groups in total. The maximum absolute atomic E-state index is 11.8. The van der Waals surface area contributed by atoms with Crippen LogP contribution in [-0.2, 0) is 4.79 Å². The number of nitrogens with one attached hydrogen (secondary N) is 2. The van der Waals surface area contributed by atoms with Gasteiger partial charge in [-0.05, 0) is 79.6 Å². The predicted molar refractivity (Wildman–Crippen MR) is 116 cm³/mol. The molecule has 0 bridgehead atoms. The SMILES string of the molecule is CCOc1cc(/C=C2\SC(=N)NC2=O)ccc1OCCOc1ccc(C)c(C)c1. The topological polar surface area (TPSA) is 80.6 Å². The molecule has 1 aliphatic rings. The quantitative estimate of drug-likeness (QED) is 0.499. The number of aryl methyl sites for hydroxylation is 2. The molecule has 3 rings (SSSR count). The second-order valence-corrected chi connectivity index (χ2v) is 7.53. The Balaban J connectivity index is 1.62. The zero-order valence-corrected chi connectivity index (χ0v) is 17.5. The normalized spacial score (nSPS) is 14.8. The highest BCUT2D eigenvalue weighted by Gasteiger charge is 2.22. The summed E-state index contributed by atoms with van der Waals surface area (Å²) in [7, 11) is 0. The Bertz CT molecular complexity index is 956. The highest BCUT2D eigenvalue weighted by Crippen LogP contribution is 2.31. The van der Waals surface area contributed by atoms with Gasteiger partial charge in [-0.3, -0.25) is 10.2 Å². The van der Waals surface area contributed by atoms with Gasteiger partial charge in [-0.1, -0.05) is 12.1 Å². The van der Waals surface area contributed by atoms with Crippen LogP contribution in [0.5, 0.6) is 17.2 Å². The number of amidine groups is 1. The Morgan fingerprint density at radius 3 is 2.48 bits per heavy atom. The Labute approximate surface area is 174 Å². The highest BCUT2D eigenvalue weighted by molar-refractivity contribution is 8.18. The van der Waals surface area contributed by atoms with Gasteiger partial charge in [0.05, 0.1) is 11.5 Å². The zero-order valence-electron chi connectivity index (χ0n) is 16.7. The first-order valence-electron chi connectivity index (χ1n) is 9.35. The Kier molecular flexibility index (Phi) is 6.82. The molecule has 29 heavy (non-hydrogen) atoms. The monoisotopic (exact) mass is 412 g/mol. The summed E-state index contributed by atoms with van der Waals surface area (Å²) in [5, 5.41) is 10.1. The van der Waals surface area contributed by atoms with Crippen LogP contribution < -0.4 is 19.5 Å². The highest BCUT2D eigenvalue weighted by atomic mass is 32.2. The molecule has 0 saturated carbocycles. The van der Waals surface area contributed by atoms with E-state index in [9.17, 15) is 4.79 Å². The lowest BCUT2D eigenvalue weighted by Gasteiger charge is -2.13. The van der Waals surface area contributed by atoms with Crippen molar-refractivity contribution in [2.45, 2.75) is 20.8 Å². The molecule has 1 heterocycles. The molecule has 0 radical (unpaired) electrons. The second-order valence-electron chi connectivity index (χ2n) is 6.48.